The Balaban J connectivity index is 1.80. The van der Waals surface area contributed by atoms with Gasteiger partial charge in [0.2, 0.25) is 0 Å². The molecule has 88 valence electrons. The molecule has 0 amide bonds. The van der Waals surface area contributed by atoms with Gasteiger partial charge in [-0.3, -0.25) is 4.90 Å². The second-order valence-corrected chi connectivity index (χ2v) is 5.21. The zero-order chi connectivity index (χ0) is 10.7. The van der Waals surface area contributed by atoms with Gasteiger partial charge >= 0.3 is 0 Å². The highest BCUT2D eigenvalue weighted by Gasteiger charge is 2.25. The molecule has 2 fully saturated rings. The Morgan fingerprint density at radius 1 is 1.33 bits per heavy atom. The first-order valence-corrected chi connectivity index (χ1v) is 6.31. The van der Waals surface area contributed by atoms with E-state index in [-0.39, 0.29) is 0 Å². The summed E-state index contributed by atoms with van der Waals surface area (Å²) in [5.74, 6) is 0.866. The predicted molar refractivity (Wildman–Crippen MR) is 62.0 cm³/mol. The van der Waals surface area contributed by atoms with E-state index in [0.717, 1.165) is 38.3 Å². The van der Waals surface area contributed by atoms with Crippen LogP contribution >= 0.6 is 0 Å². The maximum Gasteiger partial charge on any atom is 0.0632 e. The minimum Gasteiger partial charge on any atom is -0.378 e. The predicted octanol–water partition coefficient (Wildman–Crippen LogP) is 1.10. The monoisotopic (exact) mass is 212 g/mol. The lowest BCUT2D eigenvalue weighted by atomic mass is 9.94. The van der Waals surface area contributed by atoms with Gasteiger partial charge in [0.05, 0.1) is 13.2 Å². The van der Waals surface area contributed by atoms with Gasteiger partial charge in [-0.15, -0.1) is 0 Å². The van der Waals surface area contributed by atoms with Crippen LogP contribution in [0.2, 0.25) is 0 Å². The minimum absolute atomic E-state index is 0.548. The normalized spacial score (nSPS) is 39.2. The molecule has 3 heteroatoms. The van der Waals surface area contributed by atoms with Crippen LogP contribution in [0, 0.1) is 5.92 Å². The Morgan fingerprint density at radius 2 is 2.20 bits per heavy atom. The van der Waals surface area contributed by atoms with Crippen molar-refractivity contribution in [1.82, 2.24) is 10.2 Å². The summed E-state index contributed by atoms with van der Waals surface area (Å²) in [7, 11) is 0. The molecule has 2 aliphatic heterocycles. The summed E-state index contributed by atoms with van der Waals surface area (Å²) in [6.45, 7) is 9.92. The number of morpholine rings is 1. The Kier molecular flexibility index (Phi) is 4.00. The largest absolute Gasteiger partial charge is 0.378 e. The SMILES string of the molecule is CC1CCC(C)N(CC2COCCN2)C1. The minimum atomic E-state index is 0.548. The second-order valence-electron chi connectivity index (χ2n) is 5.21. The maximum atomic E-state index is 5.50. The molecule has 3 unspecified atom stereocenters. The number of piperidine rings is 1. The molecule has 0 aromatic rings. The van der Waals surface area contributed by atoms with Crippen molar-refractivity contribution < 1.29 is 4.74 Å². The van der Waals surface area contributed by atoms with Crippen molar-refractivity contribution in [2.24, 2.45) is 5.92 Å². The van der Waals surface area contributed by atoms with Crippen molar-refractivity contribution in [2.45, 2.75) is 38.8 Å². The van der Waals surface area contributed by atoms with Crippen molar-refractivity contribution in [3.8, 4) is 0 Å². The number of likely N-dealkylation sites (tertiary alicyclic amines) is 1. The molecule has 0 spiro atoms. The topological polar surface area (TPSA) is 24.5 Å². The molecular formula is C12H24N2O. The molecule has 2 heterocycles. The average Bonchev–Trinajstić information content (AvgIpc) is 2.25. The first-order valence-electron chi connectivity index (χ1n) is 6.31. The fourth-order valence-electron chi connectivity index (χ4n) is 2.65. The van der Waals surface area contributed by atoms with E-state index in [1.54, 1.807) is 0 Å². The highest BCUT2D eigenvalue weighted by molar-refractivity contribution is 4.82. The summed E-state index contributed by atoms with van der Waals surface area (Å²) in [5.41, 5.74) is 0. The molecule has 0 radical (unpaired) electrons. The third-order valence-electron chi connectivity index (χ3n) is 3.70. The van der Waals surface area contributed by atoms with Crippen LogP contribution in [0.4, 0.5) is 0 Å². The van der Waals surface area contributed by atoms with Gasteiger partial charge in [-0.2, -0.15) is 0 Å². The summed E-state index contributed by atoms with van der Waals surface area (Å²) in [6, 6.07) is 1.30. The van der Waals surface area contributed by atoms with E-state index in [4.69, 9.17) is 4.74 Å². The highest BCUT2D eigenvalue weighted by Crippen LogP contribution is 2.21. The lowest BCUT2D eigenvalue weighted by molar-refractivity contribution is 0.0421. The Hall–Kier alpha value is -0.120. The van der Waals surface area contributed by atoms with Gasteiger partial charge in [-0.05, 0) is 25.7 Å². The van der Waals surface area contributed by atoms with Crippen molar-refractivity contribution in [2.75, 3.05) is 32.8 Å². The summed E-state index contributed by atoms with van der Waals surface area (Å²) < 4.78 is 5.50. The van der Waals surface area contributed by atoms with E-state index in [0.29, 0.717) is 6.04 Å². The third kappa shape index (κ3) is 3.16. The van der Waals surface area contributed by atoms with Crippen molar-refractivity contribution >= 4 is 0 Å². The van der Waals surface area contributed by atoms with Crippen LogP contribution in [-0.4, -0.2) is 49.8 Å². The van der Waals surface area contributed by atoms with Crippen LogP contribution in [0.1, 0.15) is 26.7 Å². The fourth-order valence-corrected chi connectivity index (χ4v) is 2.65. The Labute approximate surface area is 93.2 Å². The Bertz CT molecular complexity index is 192. The Morgan fingerprint density at radius 3 is 2.93 bits per heavy atom. The maximum absolute atomic E-state index is 5.50. The number of ether oxygens (including phenoxy) is 1. The van der Waals surface area contributed by atoms with Crippen LogP contribution in [0.15, 0.2) is 0 Å². The molecule has 3 atom stereocenters. The molecule has 2 rings (SSSR count). The van der Waals surface area contributed by atoms with Gasteiger partial charge in [-0.1, -0.05) is 6.92 Å². The van der Waals surface area contributed by atoms with Gasteiger partial charge < -0.3 is 10.1 Å². The number of hydrogen-bond acceptors (Lipinski definition) is 3. The first kappa shape index (κ1) is 11.4. The molecule has 2 aliphatic rings. The molecule has 1 N–H and O–H groups in total. The van der Waals surface area contributed by atoms with Crippen molar-refractivity contribution in [3.63, 3.8) is 0 Å². The van der Waals surface area contributed by atoms with E-state index in [2.05, 4.69) is 24.1 Å². The van der Waals surface area contributed by atoms with Gasteiger partial charge in [0.15, 0.2) is 0 Å². The number of hydrogen-bond donors (Lipinski definition) is 1. The summed E-state index contributed by atoms with van der Waals surface area (Å²) in [4.78, 5) is 2.63. The van der Waals surface area contributed by atoms with Gasteiger partial charge in [0.1, 0.15) is 0 Å². The van der Waals surface area contributed by atoms with Crippen LogP contribution in [0.3, 0.4) is 0 Å². The summed E-state index contributed by atoms with van der Waals surface area (Å²) in [5, 5.41) is 3.54. The molecule has 3 nitrogen and oxygen atoms in total. The van der Waals surface area contributed by atoms with Gasteiger partial charge in [0.25, 0.3) is 0 Å². The van der Waals surface area contributed by atoms with Gasteiger partial charge in [-0.25, -0.2) is 0 Å². The zero-order valence-corrected chi connectivity index (χ0v) is 10.0. The lowest BCUT2D eigenvalue weighted by Gasteiger charge is -2.39. The zero-order valence-electron chi connectivity index (χ0n) is 10.0. The van der Waals surface area contributed by atoms with E-state index in [9.17, 15) is 0 Å². The molecule has 0 aromatic carbocycles. The smallest absolute Gasteiger partial charge is 0.0632 e. The summed E-state index contributed by atoms with van der Waals surface area (Å²) in [6.07, 6.45) is 2.75. The van der Waals surface area contributed by atoms with Crippen LogP contribution in [0.25, 0.3) is 0 Å². The lowest BCUT2D eigenvalue weighted by Crippen LogP contribution is -2.52. The van der Waals surface area contributed by atoms with Gasteiger partial charge in [0, 0.05) is 31.7 Å². The molecule has 0 aromatic heterocycles. The third-order valence-corrected chi connectivity index (χ3v) is 3.70. The summed E-state index contributed by atoms with van der Waals surface area (Å²) >= 11 is 0. The van der Waals surface area contributed by atoms with Crippen molar-refractivity contribution in [1.29, 1.82) is 0 Å². The highest BCUT2D eigenvalue weighted by atomic mass is 16.5. The number of nitrogens with one attached hydrogen (secondary N) is 1. The number of nitrogens with zero attached hydrogens (tertiary/aromatic N) is 1. The van der Waals surface area contributed by atoms with E-state index >= 15 is 0 Å². The number of rotatable bonds is 2. The molecule has 15 heavy (non-hydrogen) atoms. The standard InChI is InChI=1S/C12H24N2O/c1-10-3-4-11(2)14(7-10)8-12-9-15-6-5-13-12/h10-13H,3-9H2,1-2H3. The fraction of sp³-hybridized carbons (Fsp3) is 1.00. The molecule has 0 bridgehead atoms. The first-order chi connectivity index (χ1) is 7.25. The molecule has 0 aliphatic carbocycles. The van der Waals surface area contributed by atoms with Crippen LogP contribution in [-0.2, 0) is 4.74 Å². The van der Waals surface area contributed by atoms with Crippen LogP contribution in [0.5, 0.6) is 0 Å². The van der Waals surface area contributed by atoms with E-state index < -0.39 is 0 Å². The molecule has 2 saturated heterocycles. The van der Waals surface area contributed by atoms with E-state index in [1.807, 2.05) is 0 Å². The average molecular weight is 212 g/mol. The molecule has 0 saturated carbocycles. The van der Waals surface area contributed by atoms with Crippen LogP contribution < -0.4 is 5.32 Å². The quantitative estimate of drug-likeness (QED) is 0.742. The van der Waals surface area contributed by atoms with E-state index in [1.165, 1.54) is 19.4 Å². The van der Waals surface area contributed by atoms with Crippen molar-refractivity contribution in [3.05, 3.63) is 0 Å². The molecular weight excluding hydrogens is 188 g/mol. The second kappa shape index (κ2) is 5.28.